The maximum absolute atomic E-state index is 8.71. The van der Waals surface area contributed by atoms with Crippen molar-refractivity contribution in [2.24, 2.45) is 10.9 Å². The zero-order valence-corrected chi connectivity index (χ0v) is 11.8. The van der Waals surface area contributed by atoms with Crippen molar-refractivity contribution in [3.8, 4) is 0 Å². The minimum atomic E-state index is 0.268. The average molecular weight is 288 g/mol. The number of hydrogen-bond donors (Lipinski definition) is 2. The quantitative estimate of drug-likeness (QED) is 0.379. The molecule has 1 aliphatic carbocycles. The van der Waals surface area contributed by atoms with Crippen LogP contribution < -0.4 is 5.73 Å². The highest BCUT2D eigenvalue weighted by atomic mass is 35.5. The summed E-state index contributed by atoms with van der Waals surface area (Å²) in [6, 6.07) is 4.49. The molecule has 3 N–H and O–H groups in total. The number of halogens is 1. The Morgan fingerprint density at radius 1 is 1.50 bits per heavy atom. The average Bonchev–Trinajstić information content (AvgIpc) is 2.99. The summed E-state index contributed by atoms with van der Waals surface area (Å²) < 4.78 is 0.806. The van der Waals surface area contributed by atoms with E-state index >= 15 is 0 Å². The Bertz CT molecular complexity index is 415. The fraction of sp³-hybridized carbons (Fsp3) is 0.583. The highest BCUT2D eigenvalue weighted by molar-refractivity contribution is 7.16. The number of amidine groups is 1. The molecule has 1 heterocycles. The van der Waals surface area contributed by atoms with Crippen LogP contribution in [0.5, 0.6) is 0 Å². The van der Waals surface area contributed by atoms with Crippen molar-refractivity contribution >= 4 is 28.8 Å². The van der Waals surface area contributed by atoms with Gasteiger partial charge in [0.25, 0.3) is 0 Å². The first-order valence-corrected chi connectivity index (χ1v) is 7.33. The van der Waals surface area contributed by atoms with Crippen LogP contribution in [-0.4, -0.2) is 28.5 Å². The van der Waals surface area contributed by atoms with Gasteiger partial charge in [0.05, 0.1) is 10.9 Å². The highest BCUT2D eigenvalue weighted by Gasteiger charge is 2.23. The predicted molar refractivity (Wildman–Crippen MR) is 75.4 cm³/mol. The highest BCUT2D eigenvalue weighted by Crippen LogP contribution is 2.28. The Morgan fingerprint density at radius 3 is 2.78 bits per heavy atom. The SMILES string of the molecule is NC(CN(Cc1ccc(Cl)s1)C1CCCC1)=NO. The van der Waals surface area contributed by atoms with Gasteiger partial charge in [-0.1, -0.05) is 29.6 Å². The van der Waals surface area contributed by atoms with Gasteiger partial charge in [-0.05, 0) is 25.0 Å². The first-order chi connectivity index (χ1) is 8.69. The van der Waals surface area contributed by atoms with Crippen molar-refractivity contribution in [1.82, 2.24) is 4.90 Å². The molecule has 1 fully saturated rings. The van der Waals surface area contributed by atoms with E-state index in [1.165, 1.54) is 30.6 Å². The summed E-state index contributed by atoms with van der Waals surface area (Å²) in [6.45, 7) is 1.33. The number of thiophene rings is 1. The summed E-state index contributed by atoms with van der Waals surface area (Å²) in [7, 11) is 0. The lowest BCUT2D eigenvalue weighted by Crippen LogP contribution is -2.39. The van der Waals surface area contributed by atoms with E-state index in [0.29, 0.717) is 12.6 Å². The van der Waals surface area contributed by atoms with Crippen molar-refractivity contribution in [2.45, 2.75) is 38.3 Å². The van der Waals surface area contributed by atoms with Crippen LogP contribution >= 0.6 is 22.9 Å². The first kappa shape index (κ1) is 13.6. The molecule has 0 aromatic carbocycles. The molecule has 6 heteroatoms. The van der Waals surface area contributed by atoms with Crippen molar-refractivity contribution in [1.29, 1.82) is 0 Å². The summed E-state index contributed by atoms with van der Waals surface area (Å²) in [6.07, 6.45) is 4.92. The molecule has 0 radical (unpaired) electrons. The van der Waals surface area contributed by atoms with Crippen molar-refractivity contribution in [2.75, 3.05) is 6.54 Å². The predicted octanol–water partition coefficient (Wildman–Crippen LogP) is 2.89. The van der Waals surface area contributed by atoms with Gasteiger partial charge in [-0.2, -0.15) is 0 Å². The van der Waals surface area contributed by atoms with E-state index in [2.05, 4.69) is 10.1 Å². The molecule has 0 atom stereocenters. The minimum absolute atomic E-state index is 0.268. The van der Waals surface area contributed by atoms with Gasteiger partial charge in [-0.15, -0.1) is 11.3 Å². The summed E-state index contributed by atoms with van der Waals surface area (Å²) in [5, 5.41) is 11.8. The van der Waals surface area contributed by atoms with E-state index in [-0.39, 0.29) is 5.84 Å². The third-order valence-corrected chi connectivity index (χ3v) is 4.54. The smallest absolute Gasteiger partial charge is 0.153 e. The van der Waals surface area contributed by atoms with Crippen LogP contribution in [0.3, 0.4) is 0 Å². The van der Waals surface area contributed by atoms with E-state index in [9.17, 15) is 0 Å². The van der Waals surface area contributed by atoms with Crippen LogP contribution in [0.2, 0.25) is 4.34 Å². The normalized spacial score (nSPS) is 17.8. The Hall–Kier alpha value is -0.780. The molecule has 1 saturated carbocycles. The molecular weight excluding hydrogens is 270 g/mol. The van der Waals surface area contributed by atoms with Gasteiger partial charge in [0.15, 0.2) is 5.84 Å². The van der Waals surface area contributed by atoms with E-state index in [4.69, 9.17) is 22.5 Å². The molecule has 0 unspecified atom stereocenters. The molecule has 1 aliphatic rings. The molecule has 0 bridgehead atoms. The van der Waals surface area contributed by atoms with Crippen LogP contribution in [0.15, 0.2) is 17.3 Å². The third-order valence-electron chi connectivity index (χ3n) is 3.32. The number of oxime groups is 1. The van der Waals surface area contributed by atoms with Crippen LogP contribution in [0.4, 0.5) is 0 Å². The second kappa shape index (κ2) is 6.41. The van der Waals surface area contributed by atoms with Gasteiger partial charge in [0.1, 0.15) is 0 Å². The number of rotatable bonds is 5. The third kappa shape index (κ3) is 3.60. The van der Waals surface area contributed by atoms with Gasteiger partial charge < -0.3 is 10.9 Å². The molecule has 0 spiro atoms. The van der Waals surface area contributed by atoms with Crippen LogP contribution in [0.25, 0.3) is 0 Å². The molecule has 1 aromatic heterocycles. The lowest BCUT2D eigenvalue weighted by Gasteiger charge is -2.27. The van der Waals surface area contributed by atoms with Gasteiger partial charge in [-0.3, -0.25) is 4.90 Å². The molecule has 2 rings (SSSR count). The Labute approximate surface area is 116 Å². The second-order valence-corrected chi connectivity index (χ2v) is 6.44. The fourth-order valence-electron chi connectivity index (χ4n) is 2.46. The minimum Gasteiger partial charge on any atom is -0.409 e. The standard InChI is InChI=1S/C12H18ClN3OS/c13-11-6-5-10(18-11)7-16(8-12(14)15-17)9-3-1-2-4-9/h5-6,9,17H,1-4,7-8H2,(H2,14,15). The topological polar surface area (TPSA) is 61.8 Å². The fourth-order valence-corrected chi connectivity index (χ4v) is 3.57. The van der Waals surface area contributed by atoms with Crippen LogP contribution in [0, 0.1) is 0 Å². The summed E-state index contributed by atoms with van der Waals surface area (Å²) in [5.41, 5.74) is 5.64. The zero-order valence-electron chi connectivity index (χ0n) is 10.2. The Kier molecular flexibility index (Phi) is 4.86. The monoisotopic (exact) mass is 287 g/mol. The molecule has 0 amide bonds. The van der Waals surface area contributed by atoms with E-state index in [1.807, 2.05) is 12.1 Å². The van der Waals surface area contributed by atoms with Gasteiger partial charge in [-0.25, -0.2) is 0 Å². The van der Waals surface area contributed by atoms with E-state index < -0.39 is 0 Å². The van der Waals surface area contributed by atoms with Gasteiger partial charge in [0.2, 0.25) is 0 Å². The van der Waals surface area contributed by atoms with Crippen molar-refractivity contribution < 1.29 is 5.21 Å². The number of hydrogen-bond acceptors (Lipinski definition) is 4. The second-order valence-electron chi connectivity index (χ2n) is 4.64. The number of nitrogens with two attached hydrogens (primary N) is 1. The Morgan fingerprint density at radius 2 is 2.22 bits per heavy atom. The number of nitrogens with zero attached hydrogens (tertiary/aromatic N) is 2. The van der Waals surface area contributed by atoms with Crippen LogP contribution in [0.1, 0.15) is 30.6 Å². The Balaban J connectivity index is 2.03. The van der Waals surface area contributed by atoms with Crippen LogP contribution in [-0.2, 0) is 6.54 Å². The molecule has 0 aliphatic heterocycles. The molecule has 0 saturated heterocycles. The summed E-state index contributed by atoms with van der Waals surface area (Å²) in [5.74, 6) is 0.268. The van der Waals surface area contributed by atoms with Crippen molar-refractivity contribution in [3.05, 3.63) is 21.3 Å². The molecule has 100 valence electrons. The lowest BCUT2D eigenvalue weighted by molar-refractivity contribution is 0.216. The van der Waals surface area contributed by atoms with Gasteiger partial charge in [0, 0.05) is 17.5 Å². The van der Waals surface area contributed by atoms with E-state index in [0.717, 1.165) is 10.9 Å². The van der Waals surface area contributed by atoms with Crippen molar-refractivity contribution in [3.63, 3.8) is 0 Å². The maximum atomic E-state index is 8.71. The first-order valence-electron chi connectivity index (χ1n) is 6.13. The molecule has 1 aromatic rings. The molecular formula is C12H18ClN3OS. The zero-order chi connectivity index (χ0) is 13.0. The molecule has 4 nitrogen and oxygen atoms in total. The van der Waals surface area contributed by atoms with Gasteiger partial charge >= 0.3 is 0 Å². The largest absolute Gasteiger partial charge is 0.409 e. The maximum Gasteiger partial charge on any atom is 0.153 e. The summed E-state index contributed by atoms with van der Waals surface area (Å²) in [4.78, 5) is 3.50. The molecule has 18 heavy (non-hydrogen) atoms. The lowest BCUT2D eigenvalue weighted by atomic mass is 10.2. The summed E-state index contributed by atoms with van der Waals surface area (Å²) >= 11 is 7.54. The van der Waals surface area contributed by atoms with E-state index in [1.54, 1.807) is 11.3 Å².